The van der Waals surface area contributed by atoms with E-state index in [1.54, 1.807) is 0 Å². The Morgan fingerprint density at radius 2 is 1.92 bits per heavy atom. The summed E-state index contributed by atoms with van der Waals surface area (Å²) in [7, 11) is 1.38. The van der Waals surface area contributed by atoms with E-state index in [-0.39, 0.29) is 23.5 Å². The van der Waals surface area contributed by atoms with Gasteiger partial charge >= 0.3 is 0 Å². The molecule has 1 fully saturated rings. The van der Waals surface area contributed by atoms with Crippen LogP contribution in [0.3, 0.4) is 0 Å². The minimum Gasteiger partial charge on any atom is -0.495 e. The molecule has 2 aromatic rings. The van der Waals surface area contributed by atoms with Crippen molar-refractivity contribution in [2.75, 3.05) is 12.0 Å². The minimum atomic E-state index is -0.590. The number of rotatable bonds is 5. The molecule has 134 valence electrons. The Hall–Kier alpha value is -2.39. The summed E-state index contributed by atoms with van der Waals surface area (Å²) in [4.78, 5) is 37.5. The van der Waals surface area contributed by atoms with Gasteiger partial charge in [0.05, 0.1) is 17.3 Å². The van der Waals surface area contributed by atoms with Crippen LogP contribution in [0.25, 0.3) is 0 Å². The van der Waals surface area contributed by atoms with Gasteiger partial charge in [0.2, 0.25) is 11.8 Å². The molecule has 1 saturated heterocycles. The van der Waals surface area contributed by atoms with Crippen LogP contribution in [0.4, 0.5) is 11.4 Å². The van der Waals surface area contributed by atoms with Gasteiger partial charge in [-0.05, 0) is 30.3 Å². The highest BCUT2D eigenvalue weighted by molar-refractivity contribution is 9.10. The maximum absolute atomic E-state index is 12.8. The highest BCUT2D eigenvalue weighted by Crippen LogP contribution is 2.39. The fourth-order valence-electron chi connectivity index (χ4n) is 2.59. The van der Waals surface area contributed by atoms with Crippen LogP contribution < -0.4 is 9.64 Å². The first-order valence-electron chi connectivity index (χ1n) is 7.52. The third-order valence-electron chi connectivity index (χ3n) is 3.81. The number of halogens is 1. The fourth-order valence-corrected chi connectivity index (χ4v) is 3.91. The smallest absolute Gasteiger partial charge is 0.271 e. The van der Waals surface area contributed by atoms with Crippen LogP contribution in [-0.4, -0.2) is 29.1 Å². The maximum Gasteiger partial charge on any atom is 0.271 e. The third kappa shape index (κ3) is 3.58. The Labute approximate surface area is 161 Å². The van der Waals surface area contributed by atoms with Gasteiger partial charge in [-0.25, -0.2) is 4.90 Å². The largest absolute Gasteiger partial charge is 0.495 e. The number of carbonyl (C=O) groups excluding carboxylic acids is 2. The van der Waals surface area contributed by atoms with Crippen molar-refractivity contribution in [1.29, 1.82) is 0 Å². The molecule has 0 unspecified atom stereocenters. The second-order valence-corrected chi connectivity index (χ2v) is 7.64. The zero-order valence-corrected chi connectivity index (χ0v) is 16.0. The van der Waals surface area contributed by atoms with Gasteiger partial charge in [0.25, 0.3) is 5.69 Å². The van der Waals surface area contributed by atoms with E-state index in [2.05, 4.69) is 15.9 Å². The summed E-state index contributed by atoms with van der Waals surface area (Å²) in [6, 6.07) is 11.2. The molecule has 26 heavy (non-hydrogen) atoms. The highest BCUT2D eigenvalue weighted by Gasteiger charge is 2.41. The summed E-state index contributed by atoms with van der Waals surface area (Å²) in [5.41, 5.74) is -0.124. The van der Waals surface area contributed by atoms with Gasteiger partial charge in [0.1, 0.15) is 11.4 Å². The van der Waals surface area contributed by atoms with E-state index in [9.17, 15) is 19.7 Å². The molecule has 0 N–H and O–H groups in total. The normalized spacial score (nSPS) is 16.8. The lowest BCUT2D eigenvalue weighted by Gasteiger charge is -2.17. The number of benzene rings is 2. The van der Waals surface area contributed by atoms with Crippen LogP contribution in [0, 0.1) is 10.1 Å². The van der Waals surface area contributed by atoms with E-state index in [0.717, 1.165) is 14.3 Å². The molecule has 2 aromatic carbocycles. The molecule has 0 saturated carbocycles. The van der Waals surface area contributed by atoms with Crippen LogP contribution in [-0.2, 0) is 9.59 Å². The first-order valence-corrected chi connectivity index (χ1v) is 9.19. The quantitative estimate of drug-likeness (QED) is 0.402. The summed E-state index contributed by atoms with van der Waals surface area (Å²) in [6.45, 7) is 0. The number of nitro groups is 1. The number of non-ortho nitro benzene ring substituents is 1. The van der Waals surface area contributed by atoms with Crippen molar-refractivity contribution in [3.8, 4) is 5.75 Å². The summed E-state index contributed by atoms with van der Waals surface area (Å²) >= 11 is 4.63. The Morgan fingerprint density at radius 1 is 1.23 bits per heavy atom. The Morgan fingerprint density at radius 3 is 2.54 bits per heavy atom. The molecule has 2 amide bonds. The molecule has 0 spiro atoms. The number of nitro benzene ring substituents is 1. The molecular weight excluding hydrogens is 424 g/mol. The van der Waals surface area contributed by atoms with Crippen molar-refractivity contribution >= 4 is 50.9 Å². The van der Waals surface area contributed by atoms with Gasteiger partial charge in [-0.15, -0.1) is 11.8 Å². The van der Waals surface area contributed by atoms with Crippen molar-refractivity contribution < 1.29 is 19.2 Å². The number of methoxy groups -OCH3 is 1. The molecule has 1 aliphatic heterocycles. The van der Waals surface area contributed by atoms with E-state index < -0.39 is 22.0 Å². The molecule has 0 bridgehead atoms. The second-order valence-electron chi connectivity index (χ2n) is 5.45. The zero-order chi connectivity index (χ0) is 18.8. The third-order valence-corrected chi connectivity index (χ3v) is 5.54. The van der Waals surface area contributed by atoms with Crippen molar-refractivity contribution in [3.05, 3.63) is 57.1 Å². The Balaban J connectivity index is 1.90. The predicted molar refractivity (Wildman–Crippen MR) is 101 cm³/mol. The molecule has 1 atom stereocenters. The van der Waals surface area contributed by atoms with Gasteiger partial charge < -0.3 is 4.74 Å². The van der Waals surface area contributed by atoms with Gasteiger partial charge in [-0.2, -0.15) is 0 Å². The van der Waals surface area contributed by atoms with E-state index >= 15 is 0 Å². The first-order chi connectivity index (χ1) is 12.4. The van der Waals surface area contributed by atoms with E-state index in [0.29, 0.717) is 0 Å². The van der Waals surface area contributed by atoms with Crippen LogP contribution in [0.5, 0.6) is 5.75 Å². The number of hydrogen-bond donors (Lipinski definition) is 0. The number of ether oxygens (including phenoxy) is 1. The predicted octanol–water partition coefficient (Wildman–Crippen LogP) is 3.79. The lowest BCUT2D eigenvalue weighted by Crippen LogP contribution is -2.31. The monoisotopic (exact) mass is 436 g/mol. The number of amides is 2. The average Bonchev–Trinajstić information content (AvgIpc) is 2.89. The zero-order valence-electron chi connectivity index (χ0n) is 13.5. The SMILES string of the molecule is COc1ccc([N+](=O)[O-])cc1N1C(=O)C[C@@H](Sc2ccc(Br)cc2)C1=O. The second kappa shape index (κ2) is 7.46. The van der Waals surface area contributed by atoms with Gasteiger partial charge in [0.15, 0.2) is 0 Å². The molecule has 3 rings (SSSR count). The first kappa shape index (κ1) is 18.4. The number of carbonyl (C=O) groups is 2. The van der Waals surface area contributed by atoms with Crippen molar-refractivity contribution in [2.24, 2.45) is 0 Å². The lowest BCUT2D eigenvalue weighted by atomic mass is 10.2. The van der Waals surface area contributed by atoms with Gasteiger partial charge in [0, 0.05) is 27.9 Å². The molecule has 9 heteroatoms. The molecule has 0 aliphatic carbocycles. The molecule has 7 nitrogen and oxygen atoms in total. The van der Waals surface area contributed by atoms with E-state index in [1.807, 2.05) is 24.3 Å². The highest BCUT2D eigenvalue weighted by atomic mass is 79.9. The molecular formula is C17H13BrN2O5S. The van der Waals surface area contributed by atoms with Crippen LogP contribution in [0.1, 0.15) is 6.42 Å². The van der Waals surface area contributed by atoms with Crippen LogP contribution in [0.2, 0.25) is 0 Å². The number of imide groups is 1. The summed E-state index contributed by atoms with van der Waals surface area (Å²) in [6.07, 6.45) is 0.0193. The summed E-state index contributed by atoms with van der Waals surface area (Å²) < 4.78 is 6.09. The number of hydrogen-bond acceptors (Lipinski definition) is 6. The molecule has 1 heterocycles. The average molecular weight is 437 g/mol. The molecule has 0 aromatic heterocycles. The number of thioether (sulfide) groups is 1. The van der Waals surface area contributed by atoms with Crippen LogP contribution in [0.15, 0.2) is 51.8 Å². The molecule has 0 radical (unpaired) electrons. The van der Waals surface area contributed by atoms with Crippen molar-refractivity contribution in [3.63, 3.8) is 0 Å². The Kier molecular flexibility index (Phi) is 5.28. The topological polar surface area (TPSA) is 89.8 Å². The Bertz CT molecular complexity index is 887. The number of anilines is 1. The summed E-state index contributed by atoms with van der Waals surface area (Å²) in [5, 5.41) is 10.4. The van der Waals surface area contributed by atoms with Gasteiger partial charge in [-0.3, -0.25) is 19.7 Å². The molecule has 1 aliphatic rings. The number of nitrogens with zero attached hydrogens (tertiary/aromatic N) is 2. The maximum atomic E-state index is 12.8. The van der Waals surface area contributed by atoms with E-state index in [4.69, 9.17) is 4.74 Å². The van der Waals surface area contributed by atoms with E-state index in [1.165, 1.54) is 37.1 Å². The lowest BCUT2D eigenvalue weighted by molar-refractivity contribution is -0.384. The van der Waals surface area contributed by atoms with Crippen LogP contribution >= 0.6 is 27.7 Å². The summed E-state index contributed by atoms with van der Waals surface area (Å²) in [5.74, 6) is -0.600. The van der Waals surface area contributed by atoms with Crippen molar-refractivity contribution in [1.82, 2.24) is 0 Å². The minimum absolute atomic E-state index is 0.0193. The van der Waals surface area contributed by atoms with Crippen molar-refractivity contribution in [2.45, 2.75) is 16.6 Å². The fraction of sp³-hybridized carbons (Fsp3) is 0.176. The van der Waals surface area contributed by atoms with Gasteiger partial charge in [-0.1, -0.05) is 15.9 Å². The standard InChI is InChI=1S/C17H13BrN2O5S/c1-25-14-7-4-11(20(23)24)8-13(14)19-16(21)9-15(17(19)22)26-12-5-2-10(18)3-6-12/h2-8,15H,9H2,1H3/t15-/m1/s1.